The first kappa shape index (κ1) is 20.6. The molecule has 0 spiro atoms. The van der Waals surface area contributed by atoms with E-state index in [2.05, 4.69) is 4.98 Å². The van der Waals surface area contributed by atoms with E-state index >= 15 is 0 Å². The van der Waals surface area contributed by atoms with Crippen LogP contribution in [0.25, 0.3) is 0 Å². The normalized spacial score (nSPS) is 21.7. The molecule has 9 nitrogen and oxygen atoms in total. The van der Waals surface area contributed by atoms with E-state index in [0.29, 0.717) is 50.8 Å². The highest BCUT2D eigenvalue weighted by Gasteiger charge is 2.38. The van der Waals surface area contributed by atoms with Crippen molar-refractivity contribution in [2.45, 2.75) is 32.1 Å². The van der Waals surface area contributed by atoms with Crippen LogP contribution in [-0.2, 0) is 9.59 Å². The Morgan fingerprint density at radius 3 is 2.23 bits per heavy atom. The number of likely N-dealkylation sites (tertiary alicyclic amines) is 1. The van der Waals surface area contributed by atoms with Gasteiger partial charge in [-0.2, -0.15) is 0 Å². The van der Waals surface area contributed by atoms with Gasteiger partial charge in [0, 0.05) is 78.3 Å². The van der Waals surface area contributed by atoms with E-state index in [-0.39, 0.29) is 29.6 Å². The van der Waals surface area contributed by atoms with Gasteiger partial charge in [-0.05, 0) is 19.3 Å². The summed E-state index contributed by atoms with van der Waals surface area (Å²) in [6.45, 7) is 4.97. The van der Waals surface area contributed by atoms with Gasteiger partial charge in [0.05, 0.1) is 11.3 Å². The van der Waals surface area contributed by atoms with Crippen LogP contribution in [0.15, 0.2) is 6.20 Å². The van der Waals surface area contributed by atoms with Gasteiger partial charge in [0.15, 0.2) is 0 Å². The first-order valence-corrected chi connectivity index (χ1v) is 10.7. The minimum Gasteiger partial charge on any atom is -0.347 e. The maximum absolute atomic E-state index is 13.3. The summed E-state index contributed by atoms with van der Waals surface area (Å²) in [5.74, 6) is 0.984. The Balaban J connectivity index is 1.55. The molecule has 1 aliphatic carbocycles. The lowest BCUT2D eigenvalue weighted by molar-refractivity contribution is -0.131. The number of carbonyl (C=O) groups excluding carboxylic acids is 3. The topological polar surface area (TPSA) is 90.0 Å². The van der Waals surface area contributed by atoms with Crippen LogP contribution in [0, 0.1) is 5.92 Å². The van der Waals surface area contributed by atoms with Crippen LogP contribution in [-0.4, -0.2) is 95.8 Å². The summed E-state index contributed by atoms with van der Waals surface area (Å²) < 4.78 is 0. The summed E-state index contributed by atoms with van der Waals surface area (Å²) in [5.41, 5.74) is 1.25. The number of hydrogen-bond acceptors (Lipinski definition) is 6. The molecule has 162 valence electrons. The SMILES string of the molecule is CC(=O)N1CCN(C(=O)c2cnc(N(C)C)nc2C2CCN(C(=O)C3CC3)C2)CC1. The lowest BCUT2D eigenvalue weighted by atomic mass is 9.99. The van der Waals surface area contributed by atoms with E-state index in [1.165, 1.54) is 0 Å². The predicted molar refractivity (Wildman–Crippen MR) is 111 cm³/mol. The molecule has 1 aromatic heterocycles. The zero-order valence-corrected chi connectivity index (χ0v) is 18.0. The molecule has 0 radical (unpaired) electrons. The van der Waals surface area contributed by atoms with Gasteiger partial charge in [-0.1, -0.05) is 0 Å². The molecule has 1 atom stereocenters. The minimum atomic E-state index is -0.0922. The number of piperazine rings is 1. The third-order valence-corrected chi connectivity index (χ3v) is 6.26. The summed E-state index contributed by atoms with van der Waals surface area (Å²) in [6, 6.07) is 0. The maximum Gasteiger partial charge on any atom is 0.257 e. The van der Waals surface area contributed by atoms with Crippen molar-refractivity contribution in [3.63, 3.8) is 0 Å². The average Bonchev–Trinajstić information content (AvgIpc) is 3.48. The third-order valence-electron chi connectivity index (χ3n) is 6.26. The van der Waals surface area contributed by atoms with Gasteiger partial charge in [-0.3, -0.25) is 14.4 Å². The van der Waals surface area contributed by atoms with Crippen LogP contribution in [0.3, 0.4) is 0 Å². The highest BCUT2D eigenvalue weighted by Crippen LogP contribution is 2.35. The van der Waals surface area contributed by atoms with Crippen molar-refractivity contribution < 1.29 is 14.4 Å². The molecule has 9 heteroatoms. The second-order valence-electron chi connectivity index (χ2n) is 8.71. The van der Waals surface area contributed by atoms with E-state index in [4.69, 9.17) is 4.98 Å². The molecule has 0 N–H and O–H groups in total. The molecule has 4 rings (SSSR count). The summed E-state index contributed by atoms with van der Waals surface area (Å²) in [7, 11) is 3.75. The molecule has 30 heavy (non-hydrogen) atoms. The highest BCUT2D eigenvalue weighted by molar-refractivity contribution is 5.95. The number of aromatic nitrogens is 2. The van der Waals surface area contributed by atoms with Gasteiger partial charge in [-0.15, -0.1) is 0 Å². The Labute approximate surface area is 177 Å². The zero-order valence-electron chi connectivity index (χ0n) is 18.0. The standard InChI is InChI=1S/C21H30N6O3/c1-14(28)25-8-10-26(11-9-25)20(30)17-12-22-21(24(2)3)23-18(17)16-6-7-27(13-16)19(29)15-4-5-15/h12,15-16H,4-11,13H2,1-3H3. The van der Waals surface area contributed by atoms with Gasteiger partial charge in [0.2, 0.25) is 17.8 Å². The van der Waals surface area contributed by atoms with Gasteiger partial charge >= 0.3 is 0 Å². The number of carbonyl (C=O) groups is 3. The third kappa shape index (κ3) is 4.11. The van der Waals surface area contributed by atoms with Crippen LogP contribution in [0.2, 0.25) is 0 Å². The van der Waals surface area contributed by atoms with Crippen molar-refractivity contribution in [1.82, 2.24) is 24.7 Å². The Kier molecular flexibility index (Phi) is 5.62. The van der Waals surface area contributed by atoms with E-state index in [1.54, 1.807) is 22.9 Å². The molecular formula is C21H30N6O3. The Morgan fingerprint density at radius 2 is 1.63 bits per heavy atom. The number of rotatable bonds is 4. The summed E-state index contributed by atoms with van der Waals surface area (Å²) in [4.78, 5) is 53.8. The number of amides is 3. The Bertz CT molecular complexity index is 845. The first-order chi connectivity index (χ1) is 14.3. The molecule has 3 amide bonds. The molecule has 3 heterocycles. The molecule has 0 bridgehead atoms. The second kappa shape index (κ2) is 8.20. The molecule has 1 unspecified atom stereocenters. The molecule has 3 fully saturated rings. The first-order valence-electron chi connectivity index (χ1n) is 10.7. The minimum absolute atomic E-state index is 0.0341. The van der Waals surface area contributed by atoms with Gasteiger partial charge < -0.3 is 19.6 Å². The molecule has 3 aliphatic rings. The molecule has 0 aromatic carbocycles. The second-order valence-corrected chi connectivity index (χ2v) is 8.71. The van der Waals surface area contributed by atoms with Crippen molar-refractivity contribution in [3.8, 4) is 0 Å². The molecule has 1 aromatic rings. The van der Waals surface area contributed by atoms with Gasteiger partial charge in [0.25, 0.3) is 5.91 Å². The molecule has 2 saturated heterocycles. The average molecular weight is 415 g/mol. The maximum atomic E-state index is 13.3. The van der Waals surface area contributed by atoms with Gasteiger partial charge in [-0.25, -0.2) is 9.97 Å². The fourth-order valence-corrected chi connectivity index (χ4v) is 4.24. The van der Waals surface area contributed by atoms with E-state index in [0.717, 1.165) is 25.0 Å². The smallest absolute Gasteiger partial charge is 0.257 e. The van der Waals surface area contributed by atoms with Gasteiger partial charge in [0.1, 0.15) is 0 Å². The number of hydrogen-bond donors (Lipinski definition) is 0. The van der Waals surface area contributed by atoms with Crippen LogP contribution in [0.5, 0.6) is 0 Å². The largest absolute Gasteiger partial charge is 0.347 e. The van der Waals surface area contributed by atoms with Crippen molar-refractivity contribution in [3.05, 3.63) is 17.5 Å². The fourth-order valence-electron chi connectivity index (χ4n) is 4.24. The zero-order chi connectivity index (χ0) is 21.4. The number of nitrogens with zero attached hydrogens (tertiary/aromatic N) is 6. The highest BCUT2D eigenvalue weighted by atomic mass is 16.2. The number of anilines is 1. The van der Waals surface area contributed by atoms with Crippen LogP contribution in [0.1, 0.15) is 48.2 Å². The Morgan fingerprint density at radius 1 is 0.967 bits per heavy atom. The lowest BCUT2D eigenvalue weighted by Crippen LogP contribution is -2.50. The van der Waals surface area contributed by atoms with Crippen LogP contribution in [0.4, 0.5) is 5.95 Å². The summed E-state index contributed by atoms with van der Waals surface area (Å²) >= 11 is 0. The van der Waals surface area contributed by atoms with Crippen molar-refractivity contribution in [2.75, 3.05) is 58.3 Å². The predicted octanol–water partition coefficient (Wildman–Crippen LogP) is 0.573. The summed E-state index contributed by atoms with van der Waals surface area (Å²) in [6.07, 6.45) is 4.42. The Hall–Kier alpha value is -2.71. The van der Waals surface area contributed by atoms with Crippen LogP contribution >= 0.6 is 0 Å². The molecular weight excluding hydrogens is 384 g/mol. The van der Waals surface area contributed by atoms with Crippen molar-refractivity contribution >= 4 is 23.7 Å². The summed E-state index contributed by atoms with van der Waals surface area (Å²) in [5, 5.41) is 0. The van der Waals surface area contributed by atoms with E-state index < -0.39 is 0 Å². The fraction of sp³-hybridized carbons (Fsp3) is 0.667. The monoisotopic (exact) mass is 414 g/mol. The molecule has 1 saturated carbocycles. The lowest BCUT2D eigenvalue weighted by Gasteiger charge is -2.34. The van der Waals surface area contributed by atoms with Crippen molar-refractivity contribution in [2.24, 2.45) is 5.92 Å². The molecule has 2 aliphatic heterocycles. The van der Waals surface area contributed by atoms with Crippen LogP contribution < -0.4 is 4.90 Å². The van der Waals surface area contributed by atoms with E-state index in [9.17, 15) is 14.4 Å². The van der Waals surface area contributed by atoms with Crippen molar-refractivity contribution in [1.29, 1.82) is 0 Å². The van der Waals surface area contributed by atoms with E-state index in [1.807, 2.05) is 23.9 Å². The quantitative estimate of drug-likeness (QED) is 0.716.